The minimum atomic E-state index is -0.392. The fourth-order valence-corrected chi connectivity index (χ4v) is 2.42. The summed E-state index contributed by atoms with van der Waals surface area (Å²) in [5, 5.41) is 2.72. The smallest absolute Gasteiger partial charge is 0.338 e. The van der Waals surface area contributed by atoms with Crippen molar-refractivity contribution < 1.29 is 19.1 Å². The molecular formula is C20H22BrNO4. The molecule has 0 heterocycles. The highest BCUT2D eigenvalue weighted by molar-refractivity contribution is 9.10. The van der Waals surface area contributed by atoms with E-state index in [-0.39, 0.29) is 12.5 Å². The number of amides is 1. The Morgan fingerprint density at radius 2 is 1.96 bits per heavy atom. The van der Waals surface area contributed by atoms with E-state index in [0.29, 0.717) is 23.6 Å². The summed E-state index contributed by atoms with van der Waals surface area (Å²) in [6.45, 7) is 4.25. The normalized spacial score (nSPS) is 10.3. The highest BCUT2D eigenvalue weighted by atomic mass is 79.9. The van der Waals surface area contributed by atoms with Crippen molar-refractivity contribution in [3.8, 4) is 5.75 Å². The Hall–Kier alpha value is -2.34. The van der Waals surface area contributed by atoms with Crippen LogP contribution in [0.1, 0.15) is 35.7 Å². The van der Waals surface area contributed by atoms with Crippen LogP contribution in [0.4, 0.5) is 5.69 Å². The quantitative estimate of drug-likeness (QED) is 0.495. The van der Waals surface area contributed by atoms with Crippen LogP contribution in [0.5, 0.6) is 5.75 Å². The molecule has 1 N–H and O–H groups in total. The molecule has 0 saturated carbocycles. The number of esters is 1. The molecule has 5 nitrogen and oxygen atoms in total. The molecule has 0 aliphatic carbocycles. The first-order valence-corrected chi connectivity index (χ1v) is 9.25. The third kappa shape index (κ3) is 6.19. The fraction of sp³-hybridized carbons (Fsp3) is 0.300. The predicted molar refractivity (Wildman–Crippen MR) is 105 cm³/mol. The first kappa shape index (κ1) is 20.0. The maximum Gasteiger partial charge on any atom is 0.338 e. The zero-order valence-corrected chi connectivity index (χ0v) is 16.5. The van der Waals surface area contributed by atoms with Crippen molar-refractivity contribution in [2.45, 2.75) is 26.7 Å². The van der Waals surface area contributed by atoms with E-state index in [4.69, 9.17) is 9.47 Å². The minimum absolute atomic E-state index is 0.119. The van der Waals surface area contributed by atoms with E-state index in [2.05, 4.69) is 21.2 Å². The van der Waals surface area contributed by atoms with Crippen LogP contribution in [-0.4, -0.2) is 25.1 Å². The number of anilines is 1. The zero-order valence-electron chi connectivity index (χ0n) is 14.9. The molecule has 0 unspecified atom stereocenters. The molecular weight excluding hydrogens is 398 g/mol. The second-order valence-corrected chi connectivity index (χ2v) is 6.67. The number of halogens is 1. The SMILES string of the molecule is CCCCOC(=O)c1cccc(NC(=O)COc2ccc(Br)c(C)c2)c1. The standard InChI is InChI=1S/C20H22BrNO4/c1-3-4-10-25-20(24)15-6-5-7-16(12-15)22-19(23)13-26-17-8-9-18(21)14(2)11-17/h5-9,11-12H,3-4,10,13H2,1-2H3,(H,22,23). The van der Waals surface area contributed by atoms with Crippen molar-refractivity contribution in [3.05, 3.63) is 58.1 Å². The summed E-state index contributed by atoms with van der Waals surface area (Å²) < 4.78 is 11.7. The summed E-state index contributed by atoms with van der Waals surface area (Å²) in [5.74, 6) is -0.0766. The molecule has 2 rings (SSSR count). The molecule has 0 fully saturated rings. The van der Waals surface area contributed by atoms with Gasteiger partial charge in [0.2, 0.25) is 0 Å². The van der Waals surface area contributed by atoms with Gasteiger partial charge >= 0.3 is 5.97 Å². The lowest BCUT2D eigenvalue weighted by atomic mass is 10.2. The first-order valence-electron chi connectivity index (χ1n) is 8.45. The summed E-state index contributed by atoms with van der Waals surface area (Å²) in [6.07, 6.45) is 1.79. The monoisotopic (exact) mass is 419 g/mol. The average molecular weight is 420 g/mol. The Labute approximate surface area is 161 Å². The van der Waals surface area contributed by atoms with Gasteiger partial charge in [-0.2, -0.15) is 0 Å². The van der Waals surface area contributed by atoms with E-state index >= 15 is 0 Å². The number of hydrogen-bond donors (Lipinski definition) is 1. The van der Waals surface area contributed by atoms with Gasteiger partial charge in [0.15, 0.2) is 6.61 Å². The lowest BCUT2D eigenvalue weighted by molar-refractivity contribution is -0.118. The highest BCUT2D eigenvalue weighted by Gasteiger charge is 2.10. The van der Waals surface area contributed by atoms with E-state index in [1.165, 1.54) is 0 Å². The van der Waals surface area contributed by atoms with E-state index in [9.17, 15) is 9.59 Å². The summed E-state index contributed by atoms with van der Waals surface area (Å²) in [5.41, 5.74) is 1.95. The molecule has 0 bridgehead atoms. The summed E-state index contributed by atoms with van der Waals surface area (Å²) in [4.78, 5) is 24.0. The predicted octanol–water partition coefficient (Wildman–Crippen LogP) is 4.73. The third-order valence-corrected chi connectivity index (χ3v) is 4.50. The van der Waals surface area contributed by atoms with Gasteiger partial charge in [-0.15, -0.1) is 0 Å². The molecule has 1 amide bonds. The van der Waals surface area contributed by atoms with Crippen LogP contribution in [0.15, 0.2) is 46.9 Å². The molecule has 2 aromatic rings. The van der Waals surface area contributed by atoms with Crippen molar-refractivity contribution in [2.24, 2.45) is 0 Å². The van der Waals surface area contributed by atoms with Crippen molar-refractivity contribution in [2.75, 3.05) is 18.5 Å². The Bertz CT molecular complexity index is 776. The van der Waals surface area contributed by atoms with E-state index in [0.717, 1.165) is 22.9 Å². The van der Waals surface area contributed by atoms with E-state index in [1.54, 1.807) is 30.3 Å². The van der Waals surface area contributed by atoms with Crippen molar-refractivity contribution in [1.29, 1.82) is 0 Å². The zero-order chi connectivity index (χ0) is 18.9. The van der Waals surface area contributed by atoms with Gasteiger partial charge in [0.1, 0.15) is 5.75 Å². The molecule has 26 heavy (non-hydrogen) atoms. The maximum atomic E-state index is 12.1. The van der Waals surface area contributed by atoms with Gasteiger partial charge in [-0.05, 0) is 55.3 Å². The molecule has 0 aromatic heterocycles. The van der Waals surface area contributed by atoms with Gasteiger partial charge in [-0.25, -0.2) is 4.79 Å². The summed E-state index contributed by atoms with van der Waals surface area (Å²) in [6, 6.07) is 12.2. The summed E-state index contributed by atoms with van der Waals surface area (Å²) in [7, 11) is 0. The van der Waals surface area contributed by atoms with Crippen LogP contribution in [0.25, 0.3) is 0 Å². The number of ether oxygens (including phenoxy) is 2. The van der Waals surface area contributed by atoms with E-state index < -0.39 is 5.97 Å². The lowest BCUT2D eigenvalue weighted by Crippen LogP contribution is -2.20. The van der Waals surface area contributed by atoms with Crippen molar-refractivity contribution in [3.63, 3.8) is 0 Å². The van der Waals surface area contributed by atoms with Gasteiger partial charge in [0.05, 0.1) is 12.2 Å². The molecule has 0 atom stereocenters. The van der Waals surface area contributed by atoms with Gasteiger partial charge in [-0.1, -0.05) is 35.3 Å². The Morgan fingerprint density at radius 1 is 1.15 bits per heavy atom. The lowest BCUT2D eigenvalue weighted by Gasteiger charge is -2.10. The van der Waals surface area contributed by atoms with Gasteiger partial charge in [-0.3, -0.25) is 4.79 Å². The summed E-state index contributed by atoms with van der Waals surface area (Å²) >= 11 is 3.42. The second kappa shape index (κ2) is 9.97. The van der Waals surface area contributed by atoms with Gasteiger partial charge < -0.3 is 14.8 Å². The van der Waals surface area contributed by atoms with E-state index in [1.807, 2.05) is 26.0 Å². The maximum absolute atomic E-state index is 12.1. The molecule has 0 spiro atoms. The van der Waals surface area contributed by atoms with Gasteiger partial charge in [0.25, 0.3) is 5.91 Å². The number of unbranched alkanes of at least 4 members (excludes halogenated alkanes) is 1. The molecule has 2 aromatic carbocycles. The van der Waals surface area contributed by atoms with Crippen LogP contribution in [0, 0.1) is 6.92 Å². The average Bonchev–Trinajstić information content (AvgIpc) is 2.63. The Balaban J connectivity index is 1.89. The Kier molecular flexibility index (Phi) is 7.66. The number of hydrogen-bond acceptors (Lipinski definition) is 4. The molecule has 0 saturated heterocycles. The molecule has 0 radical (unpaired) electrons. The molecule has 138 valence electrons. The number of carbonyl (C=O) groups excluding carboxylic acids is 2. The number of aryl methyl sites for hydroxylation is 1. The van der Waals surface area contributed by atoms with Crippen LogP contribution in [0.3, 0.4) is 0 Å². The fourth-order valence-electron chi connectivity index (χ4n) is 2.17. The van der Waals surface area contributed by atoms with Crippen molar-refractivity contribution >= 4 is 33.5 Å². The molecule has 6 heteroatoms. The van der Waals surface area contributed by atoms with Crippen LogP contribution in [0.2, 0.25) is 0 Å². The number of benzene rings is 2. The van der Waals surface area contributed by atoms with Crippen LogP contribution < -0.4 is 10.1 Å². The van der Waals surface area contributed by atoms with Gasteiger partial charge in [0, 0.05) is 10.2 Å². The molecule has 0 aliphatic rings. The highest BCUT2D eigenvalue weighted by Crippen LogP contribution is 2.21. The third-order valence-electron chi connectivity index (χ3n) is 3.61. The Morgan fingerprint density at radius 3 is 2.69 bits per heavy atom. The topological polar surface area (TPSA) is 64.6 Å². The minimum Gasteiger partial charge on any atom is -0.484 e. The first-order chi connectivity index (χ1) is 12.5. The van der Waals surface area contributed by atoms with Crippen LogP contribution >= 0.6 is 15.9 Å². The number of carbonyl (C=O) groups is 2. The second-order valence-electron chi connectivity index (χ2n) is 5.82. The number of rotatable bonds is 8. The largest absolute Gasteiger partial charge is 0.484 e. The van der Waals surface area contributed by atoms with Crippen LogP contribution in [-0.2, 0) is 9.53 Å². The van der Waals surface area contributed by atoms with Crippen molar-refractivity contribution in [1.82, 2.24) is 0 Å². The number of nitrogens with one attached hydrogen (secondary N) is 1. The molecule has 0 aliphatic heterocycles.